The molecule has 0 bridgehead atoms. The van der Waals surface area contributed by atoms with Crippen molar-refractivity contribution in [2.24, 2.45) is 11.7 Å². The number of hydrogen-bond donors (Lipinski definition) is 2. The minimum atomic E-state index is -0.506. The molecule has 1 rings (SSSR count). The number of carbonyl (C=O) groups excluding carboxylic acids is 1. The van der Waals surface area contributed by atoms with E-state index >= 15 is 0 Å². The second-order valence-corrected chi connectivity index (χ2v) is 5.66. The molecule has 1 atom stereocenters. The van der Waals surface area contributed by atoms with Gasteiger partial charge in [-0.05, 0) is 24.5 Å². The van der Waals surface area contributed by atoms with Gasteiger partial charge in [0.15, 0.2) is 0 Å². The summed E-state index contributed by atoms with van der Waals surface area (Å²) in [6.45, 7) is 4.08. The third-order valence-electron chi connectivity index (χ3n) is 2.75. The van der Waals surface area contributed by atoms with Crippen LogP contribution in [0.25, 0.3) is 0 Å². The molecule has 1 aromatic carbocycles. The molecule has 1 amide bonds. The Kier molecular flexibility index (Phi) is 5.63. The molecule has 0 radical (unpaired) electrons. The fourth-order valence-corrected chi connectivity index (χ4v) is 2.25. The molecular formula is C14H22ClN3O. The number of para-hydroxylation sites is 1. The van der Waals surface area contributed by atoms with Crippen LogP contribution in [-0.4, -0.2) is 26.0 Å². The number of anilines is 2. The molecule has 0 saturated carbocycles. The molecule has 5 heteroatoms. The van der Waals surface area contributed by atoms with Gasteiger partial charge in [-0.3, -0.25) is 4.79 Å². The molecule has 19 heavy (non-hydrogen) atoms. The molecule has 0 unspecified atom stereocenters. The van der Waals surface area contributed by atoms with Crippen LogP contribution in [0.1, 0.15) is 20.3 Å². The first-order valence-electron chi connectivity index (χ1n) is 6.35. The molecule has 3 N–H and O–H groups in total. The topological polar surface area (TPSA) is 58.4 Å². The molecule has 0 aliphatic carbocycles. The Hall–Kier alpha value is -1.26. The summed E-state index contributed by atoms with van der Waals surface area (Å²) in [7, 11) is 3.76. The summed E-state index contributed by atoms with van der Waals surface area (Å²) in [5.74, 6) is 0.201. The van der Waals surface area contributed by atoms with E-state index in [4.69, 9.17) is 17.3 Å². The highest BCUT2D eigenvalue weighted by atomic mass is 35.5. The maximum atomic E-state index is 12.0. The molecule has 0 fully saturated rings. The molecule has 0 heterocycles. The fraction of sp³-hybridized carbons (Fsp3) is 0.500. The first-order chi connectivity index (χ1) is 8.82. The zero-order valence-corrected chi connectivity index (χ0v) is 12.7. The molecule has 0 spiro atoms. The van der Waals surface area contributed by atoms with Gasteiger partial charge < -0.3 is 16.0 Å². The van der Waals surface area contributed by atoms with Crippen LogP contribution >= 0.6 is 11.6 Å². The van der Waals surface area contributed by atoms with Gasteiger partial charge in [-0.2, -0.15) is 0 Å². The minimum absolute atomic E-state index is 0.181. The van der Waals surface area contributed by atoms with Crippen molar-refractivity contribution in [3.63, 3.8) is 0 Å². The number of rotatable bonds is 5. The summed E-state index contributed by atoms with van der Waals surface area (Å²) in [4.78, 5) is 13.9. The van der Waals surface area contributed by atoms with Crippen LogP contribution in [0.4, 0.5) is 11.4 Å². The van der Waals surface area contributed by atoms with Gasteiger partial charge in [0.05, 0.1) is 22.4 Å². The number of hydrogen-bond acceptors (Lipinski definition) is 3. The van der Waals surface area contributed by atoms with Gasteiger partial charge >= 0.3 is 0 Å². The van der Waals surface area contributed by atoms with Crippen molar-refractivity contribution in [1.29, 1.82) is 0 Å². The van der Waals surface area contributed by atoms with E-state index in [-0.39, 0.29) is 5.91 Å². The van der Waals surface area contributed by atoms with E-state index in [2.05, 4.69) is 5.32 Å². The monoisotopic (exact) mass is 283 g/mol. The number of amides is 1. The van der Waals surface area contributed by atoms with E-state index in [1.54, 1.807) is 12.1 Å². The lowest BCUT2D eigenvalue weighted by Gasteiger charge is -2.21. The molecule has 1 aromatic rings. The van der Waals surface area contributed by atoms with Crippen LogP contribution in [0.5, 0.6) is 0 Å². The van der Waals surface area contributed by atoms with Gasteiger partial charge in [-0.15, -0.1) is 0 Å². The van der Waals surface area contributed by atoms with E-state index in [0.717, 1.165) is 5.69 Å². The molecular weight excluding hydrogens is 262 g/mol. The van der Waals surface area contributed by atoms with Gasteiger partial charge in [0.1, 0.15) is 0 Å². The second-order valence-electron chi connectivity index (χ2n) is 5.26. The van der Waals surface area contributed by atoms with E-state index in [1.807, 2.05) is 38.9 Å². The number of nitrogens with zero attached hydrogens (tertiary/aromatic N) is 1. The van der Waals surface area contributed by atoms with Crippen molar-refractivity contribution in [3.05, 3.63) is 23.2 Å². The van der Waals surface area contributed by atoms with Crippen molar-refractivity contribution in [1.82, 2.24) is 0 Å². The second kappa shape index (κ2) is 6.78. The fourth-order valence-electron chi connectivity index (χ4n) is 1.91. The van der Waals surface area contributed by atoms with Gasteiger partial charge in [-0.1, -0.05) is 31.5 Å². The normalized spacial score (nSPS) is 12.4. The lowest BCUT2D eigenvalue weighted by atomic mass is 10.0. The number of benzene rings is 1. The summed E-state index contributed by atoms with van der Waals surface area (Å²) >= 11 is 6.15. The predicted molar refractivity (Wildman–Crippen MR) is 81.8 cm³/mol. The maximum Gasteiger partial charge on any atom is 0.241 e. The van der Waals surface area contributed by atoms with Crippen molar-refractivity contribution in [3.8, 4) is 0 Å². The largest absolute Gasteiger partial charge is 0.375 e. The van der Waals surface area contributed by atoms with Gasteiger partial charge in [0.2, 0.25) is 5.91 Å². The average Bonchev–Trinajstić information content (AvgIpc) is 2.27. The molecule has 0 aliphatic rings. The van der Waals surface area contributed by atoms with Crippen LogP contribution in [0.3, 0.4) is 0 Å². The third-order valence-corrected chi connectivity index (χ3v) is 3.06. The highest BCUT2D eigenvalue weighted by molar-refractivity contribution is 6.34. The summed E-state index contributed by atoms with van der Waals surface area (Å²) in [5, 5.41) is 3.45. The summed E-state index contributed by atoms with van der Waals surface area (Å²) in [6, 6.07) is 4.91. The predicted octanol–water partition coefficient (Wildman–Crippen LogP) is 2.72. The minimum Gasteiger partial charge on any atom is -0.375 e. The van der Waals surface area contributed by atoms with Crippen molar-refractivity contribution >= 4 is 28.9 Å². The average molecular weight is 284 g/mol. The number of nitrogens with two attached hydrogens (primary N) is 1. The highest BCUT2D eigenvalue weighted by Crippen LogP contribution is 2.32. The van der Waals surface area contributed by atoms with Crippen LogP contribution < -0.4 is 16.0 Å². The Morgan fingerprint density at radius 1 is 1.42 bits per heavy atom. The van der Waals surface area contributed by atoms with Crippen molar-refractivity contribution in [2.45, 2.75) is 26.3 Å². The van der Waals surface area contributed by atoms with Gasteiger partial charge in [0.25, 0.3) is 0 Å². The SMILES string of the molecule is CC(C)C[C@H](N)C(=O)Nc1cccc(Cl)c1N(C)C. The molecule has 0 saturated heterocycles. The van der Waals surface area contributed by atoms with Crippen LogP contribution in [0.15, 0.2) is 18.2 Å². The molecule has 106 valence electrons. The Labute approximate surface area is 119 Å². The van der Waals surface area contributed by atoms with Crippen molar-refractivity contribution in [2.75, 3.05) is 24.3 Å². The zero-order valence-electron chi connectivity index (χ0n) is 11.9. The Balaban J connectivity index is 2.88. The number of halogens is 1. The first kappa shape index (κ1) is 15.8. The smallest absolute Gasteiger partial charge is 0.241 e. The van der Waals surface area contributed by atoms with Crippen molar-refractivity contribution < 1.29 is 4.79 Å². The standard InChI is InChI=1S/C14H22ClN3O/c1-9(2)8-11(16)14(19)17-12-7-5-6-10(15)13(12)18(3)4/h5-7,9,11H,8,16H2,1-4H3,(H,17,19)/t11-/m0/s1. The zero-order chi connectivity index (χ0) is 14.6. The summed E-state index contributed by atoms with van der Waals surface area (Å²) < 4.78 is 0. The Bertz CT molecular complexity index is 446. The van der Waals surface area contributed by atoms with Gasteiger partial charge in [-0.25, -0.2) is 0 Å². The Morgan fingerprint density at radius 3 is 2.58 bits per heavy atom. The van der Waals surface area contributed by atoms with Crippen LogP contribution in [-0.2, 0) is 4.79 Å². The summed E-state index contributed by atoms with van der Waals surface area (Å²) in [5.41, 5.74) is 7.34. The molecule has 0 aromatic heterocycles. The molecule has 0 aliphatic heterocycles. The number of carbonyl (C=O) groups is 1. The van der Waals surface area contributed by atoms with Crippen LogP contribution in [0, 0.1) is 5.92 Å². The van der Waals surface area contributed by atoms with Gasteiger partial charge in [0, 0.05) is 14.1 Å². The van der Waals surface area contributed by atoms with E-state index in [9.17, 15) is 4.79 Å². The lowest BCUT2D eigenvalue weighted by molar-refractivity contribution is -0.117. The quantitative estimate of drug-likeness (QED) is 0.873. The Morgan fingerprint density at radius 2 is 2.05 bits per heavy atom. The highest BCUT2D eigenvalue weighted by Gasteiger charge is 2.17. The number of nitrogens with one attached hydrogen (secondary N) is 1. The maximum absolute atomic E-state index is 12.0. The lowest BCUT2D eigenvalue weighted by Crippen LogP contribution is -2.37. The molecule has 4 nitrogen and oxygen atoms in total. The summed E-state index contributed by atoms with van der Waals surface area (Å²) in [6.07, 6.45) is 0.656. The van der Waals surface area contributed by atoms with Crippen LogP contribution in [0.2, 0.25) is 5.02 Å². The van der Waals surface area contributed by atoms with E-state index in [0.29, 0.717) is 23.0 Å². The van der Waals surface area contributed by atoms with E-state index in [1.165, 1.54) is 0 Å². The van der Waals surface area contributed by atoms with E-state index < -0.39 is 6.04 Å². The third kappa shape index (κ3) is 4.40. The first-order valence-corrected chi connectivity index (χ1v) is 6.73.